The molecule has 0 atom stereocenters. The Balaban J connectivity index is 1.72. The van der Waals surface area contributed by atoms with Gasteiger partial charge < -0.3 is 20.1 Å². The molecule has 156 valence electrons. The molecule has 2 amide bonds. The van der Waals surface area contributed by atoms with E-state index in [4.69, 9.17) is 9.47 Å². The summed E-state index contributed by atoms with van der Waals surface area (Å²) < 4.78 is 10.3. The second-order valence-corrected chi connectivity index (χ2v) is 7.41. The van der Waals surface area contributed by atoms with Gasteiger partial charge in [0.2, 0.25) is 5.91 Å². The van der Waals surface area contributed by atoms with Crippen molar-refractivity contribution >= 4 is 34.5 Å². The Hall–Kier alpha value is -3.23. The Morgan fingerprint density at radius 3 is 2.43 bits per heavy atom. The van der Waals surface area contributed by atoms with Crippen LogP contribution >= 0.6 is 11.3 Å². The number of rotatable bonds is 8. The van der Waals surface area contributed by atoms with Crippen molar-refractivity contribution < 1.29 is 19.1 Å². The maximum absolute atomic E-state index is 12.8. The van der Waals surface area contributed by atoms with Crippen LogP contribution in [0, 0.1) is 6.92 Å². The van der Waals surface area contributed by atoms with Gasteiger partial charge in [-0.15, -0.1) is 11.3 Å². The molecule has 0 spiro atoms. The van der Waals surface area contributed by atoms with E-state index in [9.17, 15) is 9.59 Å². The molecule has 0 aliphatic rings. The largest absolute Gasteiger partial charge is 0.494 e. The highest BCUT2D eigenvalue weighted by Gasteiger charge is 2.17. The summed E-state index contributed by atoms with van der Waals surface area (Å²) in [6, 6.07) is 14.6. The van der Waals surface area contributed by atoms with Gasteiger partial charge >= 0.3 is 0 Å². The van der Waals surface area contributed by atoms with E-state index in [-0.39, 0.29) is 18.4 Å². The highest BCUT2D eigenvalue weighted by atomic mass is 32.1. The zero-order valence-electron chi connectivity index (χ0n) is 17.0. The Morgan fingerprint density at radius 1 is 1.07 bits per heavy atom. The van der Waals surface area contributed by atoms with Crippen LogP contribution in [0.25, 0.3) is 10.6 Å². The van der Waals surface area contributed by atoms with E-state index in [1.165, 1.54) is 18.4 Å². The van der Waals surface area contributed by atoms with Crippen LogP contribution in [0.1, 0.15) is 22.3 Å². The molecule has 0 saturated heterocycles. The number of benzene rings is 2. The maximum Gasteiger partial charge on any atom is 0.267 e. The Kier molecular flexibility index (Phi) is 7.16. The molecule has 2 aromatic carbocycles. The zero-order chi connectivity index (χ0) is 21.5. The van der Waals surface area contributed by atoms with Crippen LogP contribution in [0.2, 0.25) is 0 Å². The first-order valence-electron chi connectivity index (χ1n) is 9.41. The molecular weight excluding hydrogens is 402 g/mol. The molecule has 3 rings (SSSR count). The Labute approximate surface area is 179 Å². The van der Waals surface area contributed by atoms with Gasteiger partial charge in [-0.2, -0.15) is 0 Å². The van der Waals surface area contributed by atoms with Gasteiger partial charge in [0.05, 0.1) is 12.3 Å². The first-order chi connectivity index (χ1) is 14.5. The van der Waals surface area contributed by atoms with Gasteiger partial charge in [-0.05, 0) is 56.3 Å². The molecule has 8 heteroatoms. The van der Waals surface area contributed by atoms with Crippen molar-refractivity contribution in [2.75, 3.05) is 31.0 Å². The number of aromatic nitrogens is 1. The molecule has 0 aliphatic carbocycles. The molecule has 0 radical (unpaired) electrons. The van der Waals surface area contributed by atoms with E-state index >= 15 is 0 Å². The first-order valence-corrected chi connectivity index (χ1v) is 10.2. The lowest BCUT2D eigenvalue weighted by atomic mass is 10.2. The number of amides is 2. The van der Waals surface area contributed by atoms with Crippen molar-refractivity contribution in [3.63, 3.8) is 0 Å². The fourth-order valence-corrected chi connectivity index (χ4v) is 3.75. The van der Waals surface area contributed by atoms with Crippen LogP contribution in [-0.4, -0.2) is 37.1 Å². The highest BCUT2D eigenvalue weighted by molar-refractivity contribution is 7.17. The lowest BCUT2D eigenvalue weighted by molar-refractivity contribution is -0.119. The molecule has 0 unspecified atom stereocenters. The summed E-state index contributed by atoms with van der Waals surface area (Å²) in [5, 5.41) is 6.34. The molecule has 0 saturated carbocycles. The topological polar surface area (TPSA) is 89.5 Å². The van der Waals surface area contributed by atoms with Gasteiger partial charge in [0.1, 0.15) is 22.2 Å². The van der Waals surface area contributed by atoms with E-state index in [0.717, 1.165) is 16.3 Å². The van der Waals surface area contributed by atoms with Crippen molar-refractivity contribution in [3.8, 4) is 16.3 Å². The number of anilines is 2. The third-order valence-corrected chi connectivity index (χ3v) is 5.30. The van der Waals surface area contributed by atoms with E-state index < -0.39 is 0 Å². The summed E-state index contributed by atoms with van der Waals surface area (Å²) in [5.41, 5.74) is 2.73. The number of aryl methyl sites for hydroxylation is 1. The van der Waals surface area contributed by atoms with E-state index in [1.54, 1.807) is 24.3 Å². The second kappa shape index (κ2) is 10.00. The third kappa shape index (κ3) is 5.43. The van der Waals surface area contributed by atoms with Gasteiger partial charge in [-0.25, -0.2) is 4.98 Å². The quantitative estimate of drug-likeness (QED) is 0.560. The van der Waals surface area contributed by atoms with Crippen molar-refractivity contribution in [1.29, 1.82) is 0 Å². The molecule has 0 aliphatic heterocycles. The molecule has 1 heterocycles. The normalized spacial score (nSPS) is 10.5. The van der Waals surface area contributed by atoms with Crippen molar-refractivity contribution in [3.05, 3.63) is 59.1 Å². The molecule has 30 heavy (non-hydrogen) atoms. The van der Waals surface area contributed by atoms with E-state index in [1.807, 2.05) is 38.1 Å². The molecule has 0 fully saturated rings. The number of thiazole rings is 1. The molecular formula is C22H23N3O4S. The number of methoxy groups -OCH3 is 1. The van der Waals surface area contributed by atoms with Gasteiger partial charge in [0.25, 0.3) is 5.91 Å². The summed E-state index contributed by atoms with van der Waals surface area (Å²) in [6.07, 6.45) is 0. The predicted octanol–water partition coefficient (Wildman–Crippen LogP) is 4.35. The Bertz CT molecular complexity index is 1030. The summed E-state index contributed by atoms with van der Waals surface area (Å²) in [6.45, 7) is 4.32. The molecule has 3 aromatic rings. The summed E-state index contributed by atoms with van der Waals surface area (Å²) in [5.74, 6) is 0.284. The number of hydrogen-bond donors (Lipinski definition) is 2. The second-order valence-electron chi connectivity index (χ2n) is 6.41. The van der Waals surface area contributed by atoms with Crippen LogP contribution in [0.15, 0.2) is 48.5 Å². The number of nitrogens with one attached hydrogen (secondary N) is 2. The minimum Gasteiger partial charge on any atom is -0.494 e. The van der Waals surface area contributed by atoms with Gasteiger partial charge in [-0.1, -0.05) is 6.07 Å². The maximum atomic E-state index is 12.8. The van der Waals surface area contributed by atoms with E-state index in [0.29, 0.717) is 28.6 Å². The lowest BCUT2D eigenvalue weighted by Crippen LogP contribution is -2.17. The molecule has 2 N–H and O–H groups in total. The fourth-order valence-electron chi connectivity index (χ4n) is 2.78. The average molecular weight is 426 g/mol. The molecule has 7 nitrogen and oxygen atoms in total. The monoisotopic (exact) mass is 425 g/mol. The number of nitrogens with zero attached hydrogens (tertiary/aromatic N) is 1. The summed E-state index contributed by atoms with van der Waals surface area (Å²) >= 11 is 1.33. The van der Waals surface area contributed by atoms with Crippen LogP contribution in [0.3, 0.4) is 0 Å². The zero-order valence-corrected chi connectivity index (χ0v) is 17.8. The molecule has 1 aromatic heterocycles. The van der Waals surface area contributed by atoms with Crippen LogP contribution in [-0.2, 0) is 9.53 Å². The SMILES string of the molecule is CCOc1ccc(-c2nc(C)c(C(=O)Nc3cccc(NC(=O)COC)c3)s2)cc1. The highest BCUT2D eigenvalue weighted by Crippen LogP contribution is 2.30. The summed E-state index contributed by atoms with van der Waals surface area (Å²) in [7, 11) is 1.45. The predicted molar refractivity (Wildman–Crippen MR) is 118 cm³/mol. The minimum absolute atomic E-state index is 0.0367. The Morgan fingerprint density at radius 2 is 1.77 bits per heavy atom. The van der Waals surface area contributed by atoms with Crippen molar-refractivity contribution in [2.45, 2.75) is 13.8 Å². The van der Waals surface area contributed by atoms with Gasteiger partial charge in [0, 0.05) is 24.0 Å². The number of hydrogen-bond acceptors (Lipinski definition) is 6. The number of ether oxygens (including phenoxy) is 2. The average Bonchev–Trinajstić information content (AvgIpc) is 3.11. The minimum atomic E-state index is -0.265. The van der Waals surface area contributed by atoms with Crippen LogP contribution in [0.4, 0.5) is 11.4 Å². The third-order valence-electron chi connectivity index (χ3n) is 4.09. The van der Waals surface area contributed by atoms with Gasteiger partial charge in [-0.3, -0.25) is 9.59 Å². The smallest absolute Gasteiger partial charge is 0.267 e. The number of carbonyl (C=O) groups is 2. The van der Waals surface area contributed by atoms with Crippen molar-refractivity contribution in [1.82, 2.24) is 4.98 Å². The van der Waals surface area contributed by atoms with Gasteiger partial charge in [0.15, 0.2) is 0 Å². The van der Waals surface area contributed by atoms with E-state index in [2.05, 4.69) is 15.6 Å². The summed E-state index contributed by atoms with van der Waals surface area (Å²) in [4.78, 5) is 29.5. The standard InChI is InChI=1S/C22H23N3O4S/c1-4-29-18-10-8-15(9-11-18)22-23-14(2)20(30-22)21(27)25-17-7-5-6-16(12-17)24-19(26)13-28-3/h5-12H,4,13H2,1-3H3,(H,24,26)(H,25,27). The molecule has 0 bridgehead atoms. The van der Waals surface area contributed by atoms with Crippen molar-refractivity contribution in [2.24, 2.45) is 0 Å². The van der Waals surface area contributed by atoms with Crippen LogP contribution < -0.4 is 15.4 Å². The number of carbonyl (C=O) groups excluding carboxylic acids is 2. The van der Waals surface area contributed by atoms with Crippen LogP contribution in [0.5, 0.6) is 5.75 Å². The fraction of sp³-hybridized carbons (Fsp3) is 0.227. The lowest BCUT2D eigenvalue weighted by Gasteiger charge is -2.08. The first kappa shape index (κ1) is 21.5.